The summed E-state index contributed by atoms with van der Waals surface area (Å²) in [6, 6.07) is 4.65. The first kappa shape index (κ1) is 13.3. The van der Waals surface area contributed by atoms with Crippen LogP contribution in [0.15, 0.2) is 12.1 Å². The summed E-state index contributed by atoms with van der Waals surface area (Å²) in [7, 11) is 0. The lowest BCUT2D eigenvalue weighted by Gasteiger charge is -2.37. The molecule has 1 saturated heterocycles. The molecule has 0 bridgehead atoms. The zero-order chi connectivity index (χ0) is 13.1. The van der Waals surface area contributed by atoms with Crippen molar-refractivity contribution in [1.82, 2.24) is 20.0 Å². The number of nitrogens with zero attached hydrogens (tertiary/aromatic N) is 4. The van der Waals surface area contributed by atoms with E-state index in [-0.39, 0.29) is 0 Å². The molecule has 4 nitrogen and oxygen atoms in total. The van der Waals surface area contributed by atoms with Crippen LogP contribution in [0.25, 0.3) is 0 Å². The van der Waals surface area contributed by atoms with E-state index in [1.807, 2.05) is 12.1 Å². The lowest BCUT2D eigenvalue weighted by Crippen LogP contribution is -2.49. The van der Waals surface area contributed by atoms with Crippen molar-refractivity contribution >= 4 is 11.6 Å². The van der Waals surface area contributed by atoms with E-state index in [9.17, 15) is 0 Å². The van der Waals surface area contributed by atoms with Gasteiger partial charge in [0.15, 0.2) is 5.15 Å². The van der Waals surface area contributed by atoms with Gasteiger partial charge in [-0.25, -0.2) is 0 Å². The monoisotopic (exact) mass is 280 g/mol. The molecule has 1 aromatic heterocycles. The number of piperazine rings is 1. The van der Waals surface area contributed by atoms with Crippen molar-refractivity contribution in [2.45, 2.75) is 38.3 Å². The molecule has 0 unspecified atom stereocenters. The molecule has 1 saturated carbocycles. The Balaban J connectivity index is 1.48. The zero-order valence-electron chi connectivity index (χ0n) is 11.3. The van der Waals surface area contributed by atoms with Crippen LogP contribution in [-0.4, -0.2) is 52.2 Å². The third-order valence-corrected chi connectivity index (χ3v) is 4.52. The van der Waals surface area contributed by atoms with Gasteiger partial charge in [-0.05, 0) is 25.0 Å². The number of aromatic nitrogens is 2. The average Bonchev–Trinajstić information content (AvgIpc) is 2.96. The number of rotatable bonds is 3. The first-order chi connectivity index (χ1) is 9.31. The molecule has 1 aliphatic heterocycles. The second kappa shape index (κ2) is 6.16. The van der Waals surface area contributed by atoms with Crippen molar-refractivity contribution in [2.24, 2.45) is 0 Å². The van der Waals surface area contributed by atoms with Crippen LogP contribution < -0.4 is 0 Å². The van der Waals surface area contributed by atoms with E-state index in [2.05, 4.69) is 20.0 Å². The number of hydrogen-bond donors (Lipinski definition) is 0. The van der Waals surface area contributed by atoms with Crippen LogP contribution in [0.1, 0.15) is 31.4 Å². The Morgan fingerprint density at radius 3 is 2.42 bits per heavy atom. The summed E-state index contributed by atoms with van der Waals surface area (Å²) in [6.45, 7) is 5.57. The van der Waals surface area contributed by atoms with E-state index in [4.69, 9.17) is 11.6 Å². The summed E-state index contributed by atoms with van der Waals surface area (Å²) in [4.78, 5) is 5.14. The van der Waals surface area contributed by atoms with Gasteiger partial charge >= 0.3 is 0 Å². The Kier molecular flexibility index (Phi) is 4.31. The lowest BCUT2D eigenvalue weighted by molar-refractivity contribution is 0.0928. The van der Waals surface area contributed by atoms with E-state index < -0.39 is 0 Å². The molecule has 5 heteroatoms. The first-order valence-electron chi connectivity index (χ1n) is 7.26. The normalized spacial score (nSPS) is 23.0. The quantitative estimate of drug-likeness (QED) is 0.850. The molecular formula is C14H21ClN4. The third-order valence-electron chi connectivity index (χ3n) is 4.32. The van der Waals surface area contributed by atoms with Crippen LogP contribution in [0.2, 0.25) is 5.15 Å². The Bertz CT molecular complexity index is 394. The topological polar surface area (TPSA) is 32.3 Å². The smallest absolute Gasteiger partial charge is 0.151 e. The van der Waals surface area contributed by atoms with Crippen LogP contribution in [0.3, 0.4) is 0 Å². The molecule has 0 atom stereocenters. The van der Waals surface area contributed by atoms with Crippen LogP contribution in [-0.2, 0) is 6.54 Å². The van der Waals surface area contributed by atoms with Crippen LogP contribution in [0.5, 0.6) is 0 Å². The second-order valence-corrected chi connectivity index (χ2v) is 5.99. The standard InChI is InChI=1S/C14H21ClN4/c15-14-6-5-12(16-17-14)11-18-7-9-19(10-8-18)13-3-1-2-4-13/h5-6,13H,1-4,7-11H2. The summed E-state index contributed by atoms with van der Waals surface area (Å²) >= 11 is 5.75. The van der Waals surface area contributed by atoms with E-state index in [1.165, 1.54) is 38.8 Å². The van der Waals surface area contributed by atoms with Crippen molar-refractivity contribution in [3.63, 3.8) is 0 Å². The maximum atomic E-state index is 5.75. The molecule has 0 amide bonds. The largest absolute Gasteiger partial charge is 0.298 e. The van der Waals surface area contributed by atoms with Crippen LogP contribution >= 0.6 is 11.6 Å². The van der Waals surface area contributed by atoms with Gasteiger partial charge in [-0.15, -0.1) is 5.10 Å². The molecule has 1 aromatic rings. The zero-order valence-corrected chi connectivity index (χ0v) is 12.0. The second-order valence-electron chi connectivity index (χ2n) is 5.60. The van der Waals surface area contributed by atoms with Gasteiger partial charge in [0.2, 0.25) is 0 Å². The molecule has 2 fully saturated rings. The minimum absolute atomic E-state index is 0.467. The maximum absolute atomic E-state index is 5.75. The predicted octanol–water partition coefficient (Wildman–Crippen LogP) is 2.19. The van der Waals surface area contributed by atoms with Gasteiger partial charge in [0.1, 0.15) is 0 Å². The van der Waals surface area contributed by atoms with E-state index in [1.54, 1.807) is 0 Å². The SMILES string of the molecule is Clc1ccc(CN2CCN(C3CCCC3)CC2)nn1. The Morgan fingerprint density at radius 2 is 1.79 bits per heavy atom. The minimum Gasteiger partial charge on any atom is -0.298 e. The third kappa shape index (κ3) is 3.44. The highest BCUT2D eigenvalue weighted by atomic mass is 35.5. The van der Waals surface area contributed by atoms with Crippen molar-refractivity contribution < 1.29 is 0 Å². The Morgan fingerprint density at radius 1 is 1.05 bits per heavy atom. The molecular weight excluding hydrogens is 260 g/mol. The van der Waals surface area contributed by atoms with Gasteiger partial charge in [-0.3, -0.25) is 9.80 Å². The molecule has 19 heavy (non-hydrogen) atoms. The summed E-state index contributed by atoms with van der Waals surface area (Å²) in [6.07, 6.45) is 5.65. The predicted molar refractivity (Wildman–Crippen MR) is 76.1 cm³/mol. The van der Waals surface area contributed by atoms with Crippen molar-refractivity contribution in [3.05, 3.63) is 23.0 Å². The summed E-state index contributed by atoms with van der Waals surface area (Å²) in [5, 5.41) is 8.50. The number of hydrogen-bond acceptors (Lipinski definition) is 4. The molecule has 0 N–H and O–H groups in total. The van der Waals surface area contributed by atoms with Gasteiger partial charge in [-0.2, -0.15) is 5.10 Å². The summed E-state index contributed by atoms with van der Waals surface area (Å²) < 4.78 is 0. The van der Waals surface area contributed by atoms with Gasteiger partial charge in [-0.1, -0.05) is 24.4 Å². The Labute approximate surface area is 119 Å². The van der Waals surface area contributed by atoms with Crippen molar-refractivity contribution in [1.29, 1.82) is 0 Å². The van der Waals surface area contributed by atoms with Crippen LogP contribution in [0.4, 0.5) is 0 Å². The molecule has 0 spiro atoms. The molecule has 104 valence electrons. The van der Waals surface area contributed by atoms with E-state index >= 15 is 0 Å². The summed E-state index contributed by atoms with van der Waals surface area (Å²) in [5.74, 6) is 0. The fraction of sp³-hybridized carbons (Fsp3) is 0.714. The van der Waals surface area contributed by atoms with Crippen molar-refractivity contribution in [3.8, 4) is 0 Å². The minimum atomic E-state index is 0.467. The van der Waals surface area contributed by atoms with Gasteiger partial charge in [0.05, 0.1) is 5.69 Å². The highest BCUT2D eigenvalue weighted by Gasteiger charge is 2.26. The molecule has 2 aliphatic rings. The van der Waals surface area contributed by atoms with E-state index in [0.717, 1.165) is 31.4 Å². The summed E-state index contributed by atoms with van der Waals surface area (Å²) in [5.41, 5.74) is 1.01. The highest BCUT2D eigenvalue weighted by Crippen LogP contribution is 2.24. The average molecular weight is 281 g/mol. The van der Waals surface area contributed by atoms with Gasteiger partial charge in [0, 0.05) is 38.8 Å². The van der Waals surface area contributed by atoms with E-state index in [0.29, 0.717) is 5.15 Å². The van der Waals surface area contributed by atoms with Gasteiger partial charge < -0.3 is 0 Å². The molecule has 0 radical (unpaired) electrons. The lowest BCUT2D eigenvalue weighted by atomic mass is 10.2. The molecule has 1 aliphatic carbocycles. The van der Waals surface area contributed by atoms with Crippen LogP contribution in [0, 0.1) is 0 Å². The van der Waals surface area contributed by atoms with Crippen molar-refractivity contribution in [2.75, 3.05) is 26.2 Å². The Hall–Kier alpha value is -0.710. The molecule has 0 aromatic carbocycles. The highest BCUT2D eigenvalue weighted by molar-refractivity contribution is 6.29. The maximum Gasteiger partial charge on any atom is 0.151 e. The first-order valence-corrected chi connectivity index (χ1v) is 7.63. The fourth-order valence-electron chi connectivity index (χ4n) is 3.21. The fourth-order valence-corrected chi connectivity index (χ4v) is 3.31. The molecule has 2 heterocycles. The number of halogens is 1. The molecule has 3 rings (SSSR count). The van der Waals surface area contributed by atoms with Gasteiger partial charge in [0.25, 0.3) is 0 Å².